The van der Waals surface area contributed by atoms with E-state index in [0.29, 0.717) is 6.42 Å². The van der Waals surface area contributed by atoms with Crippen LogP contribution in [0.2, 0.25) is 0 Å². The molecule has 1 aromatic heterocycles. The molecule has 0 saturated carbocycles. The fourth-order valence-electron chi connectivity index (χ4n) is 1.42. The minimum Gasteiger partial charge on any atom is -0.330 e. The summed E-state index contributed by atoms with van der Waals surface area (Å²) in [5.41, 5.74) is 5.63. The molecule has 1 heterocycles. The molecule has 0 spiro atoms. The maximum absolute atomic E-state index is 13.2. The molecule has 0 aliphatic rings. The first-order valence-corrected chi connectivity index (χ1v) is 5.29. The first kappa shape index (κ1) is 12.6. The molecule has 0 radical (unpaired) electrons. The first-order valence-electron chi connectivity index (χ1n) is 5.29. The second-order valence-corrected chi connectivity index (χ2v) is 3.57. The van der Waals surface area contributed by atoms with Crippen molar-refractivity contribution in [1.29, 1.82) is 0 Å². The molecule has 0 saturated heterocycles. The van der Waals surface area contributed by atoms with E-state index in [4.69, 9.17) is 5.73 Å². The van der Waals surface area contributed by atoms with E-state index in [0.717, 1.165) is 12.6 Å². The lowest BCUT2D eigenvalue weighted by Crippen LogP contribution is -2.29. The maximum atomic E-state index is 13.2. The van der Waals surface area contributed by atoms with E-state index in [1.54, 1.807) is 0 Å². The number of carbonyl (C=O) groups is 1. The largest absolute Gasteiger partial charge is 0.330 e. The molecule has 1 rings (SSSR count). The van der Waals surface area contributed by atoms with Crippen LogP contribution >= 0.6 is 0 Å². The number of nitrogens with zero attached hydrogens (tertiary/aromatic N) is 1. The van der Waals surface area contributed by atoms with Crippen LogP contribution in [0, 0.1) is 11.7 Å². The van der Waals surface area contributed by atoms with Crippen molar-refractivity contribution in [2.24, 2.45) is 11.7 Å². The molecule has 0 aromatic carbocycles. The number of nitrogens with two attached hydrogens (primary N) is 1. The molecule has 1 amide bonds. The van der Waals surface area contributed by atoms with E-state index >= 15 is 0 Å². The molecule has 1 aromatic rings. The van der Waals surface area contributed by atoms with Crippen LogP contribution in [0.1, 0.15) is 19.8 Å². The third kappa shape index (κ3) is 3.27. The van der Waals surface area contributed by atoms with E-state index in [-0.39, 0.29) is 24.1 Å². The minimum absolute atomic E-state index is 0.148. The van der Waals surface area contributed by atoms with Gasteiger partial charge in [-0.1, -0.05) is 13.3 Å². The summed E-state index contributed by atoms with van der Waals surface area (Å²) < 4.78 is 13.2. The van der Waals surface area contributed by atoms with Crippen LogP contribution in [0.15, 0.2) is 18.5 Å². The van der Waals surface area contributed by atoms with Gasteiger partial charge in [-0.15, -0.1) is 0 Å². The Morgan fingerprint density at radius 1 is 1.69 bits per heavy atom. The number of halogens is 1. The highest BCUT2D eigenvalue weighted by molar-refractivity contribution is 5.92. The second-order valence-electron chi connectivity index (χ2n) is 3.57. The topological polar surface area (TPSA) is 68.0 Å². The van der Waals surface area contributed by atoms with Crippen LogP contribution in [0.25, 0.3) is 0 Å². The van der Waals surface area contributed by atoms with Crippen LogP contribution in [-0.4, -0.2) is 17.4 Å². The Bertz CT molecular complexity index is 357. The predicted octanol–water partition coefficient (Wildman–Crippen LogP) is 1.53. The van der Waals surface area contributed by atoms with Crippen molar-refractivity contribution in [2.75, 3.05) is 11.9 Å². The van der Waals surface area contributed by atoms with Gasteiger partial charge >= 0.3 is 0 Å². The summed E-state index contributed by atoms with van der Waals surface area (Å²) in [6.45, 7) is 2.25. The number of carbonyl (C=O) groups excluding carboxylic acids is 1. The fourth-order valence-corrected chi connectivity index (χ4v) is 1.42. The summed E-state index contributed by atoms with van der Waals surface area (Å²) in [7, 11) is 0. The van der Waals surface area contributed by atoms with Gasteiger partial charge in [-0.2, -0.15) is 0 Å². The highest BCUT2D eigenvalue weighted by Crippen LogP contribution is 2.14. The number of pyridine rings is 1. The normalized spacial score (nSPS) is 12.2. The number of amides is 1. The average Bonchev–Trinajstić information content (AvgIpc) is 2.29. The van der Waals surface area contributed by atoms with Crippen molar-refractivity contribution in [1.82, 2.24) is 4.98 Å². The van der Waals surface area contributed by atoms with E-state index in [1.807, 2.05) is 6.92 Å². The molecule has 16 heavy (non-hydrogen) atoms. The molecule has 4 nitrogen and oxygen atoms in total. The van der Waals surface area contributed by atoms with Crippen molar-refractivity contribution >= 4 is 11.6 Å². The molecule has 88 valence electrons. The zero-order chi connectivity index (χ0) is 12.0. The Kier molecular flexibility index (Phi) is 4.85. The third-order valence-electron chi connectivity index (χ3n) is 2.32. The molecule has 1 unspecified atom stereocenters. The lowest BCUT2D eigenvalue weighted by Gasteiger charge is -2.13. The average molecular weight is 225 g/mol. The fraction of sp³-hybridized carbons (Fsp3) is 0.455. The smallest absolute Gasteiger partial charge is 0.228 e. The Balaban J connectivity index is 2.66. The van der Waals surface area contributed by atoms with E-state index in [2.05, 4.69) is 10.3 Å². The van der Waals surface area contributed by atoms with Gasteiger partial charge in [0.05, 0.1) is 17.8 Å². The van der Waals surface area contributed by atoms with Gasteiger partial charge in [-0.3, -0.25) is 9.78 Å². The summed E-state index contributed by atoms with van der Waals surface area (Å²) in [4.78, 5) is 15.3. The molecule has 0 aliphatic carbocycles. The van der Waals surface area contributed by atoms with Gasteiger partial charge in [-0.25, -0.2) is 4.39 Å². The van der Waals surface area contributed by atoms with Crippen LogP contribution in [0.5, 0.6) is 0 Å². The molecular formula is C11H16FN3O. The van der Waals surface area contributed by atoms with Crippen molar-refractivity contribution < 1.29 is 9.18 Å². The Hall–Kier alpha value is -1.49. The molecule has 0 fully saturated rings. The van der Waals surface area contributed by atoms with Crippen molar-refractivity contribution in [3.63, 3.8) is 0 Å². The van der Waals surface area contributed by atoms with E-state index < -0.39 is 5.82 Å². The zero-order valence-corrected chi connectivity index (χ0v) is 9.24. The lowest BCUT2D eigenvalue weighted by molar-refractivity contribution is -0.119. The van der Waals surface area contributed by atoms with Crippen molar-refractivity contribution in [3.05, 3.63) is 24.3 Å². The quantitative estimate of drug-likeness (QED) is 0.798. The number of anilines is 1. The van der Waals surface area contributed by atoms with Crippen LogP contribution in [0.3, 0.4) is 0 Å². The van der Waals surface area contributed by atoms with Crippen LogP contribution in [-0.2, 0) is 4.79 Å². The van der Waals surface area contributed by atoms with Gasteiger partial charge in [0, 0.05) is 12.7 Å². The van der Waals surface area contributed by atoms with Crippen molar-refractivity contribution in [3.8, 4) is 0 Å². The Morgan fingerprint density at radius 3 is 3.00 bits per heavy atom. The molecule has 0 bridgehead atoms. The summed E-state index contributed by atoms with van der Waals surface area (Å²) in [5, 5.41) is 2.51. The summed E-state index contributed by atoms with van der Waals surface area (Å²) in [5.74, 6) is -1.05. The van der Waals surface area contributed by atoms with Gasteiger partial charge < -0.3 is 11.1 Å². The van der Waals surface area contributed by atoms with Crippen molar-refractivity contribution in [2.45, 2.75) is 19.8 Å². The van der Waals surface area contributed by atoms with Gasteiger partial charge in [0.2, 0.25) is 5.91 Å². The van der Waals surface area contributed by atoms with Crippen LogP contribution < -0.4 is 11.1 Å². The summed E-state index contributed by atoms with van der Waals surface area (Å²) in [6.07, 6.45) is 4.06. The highest BCUT2D eigenvalue weighted by Gasteiger charge is 2.16. The maximum Gasteiger partial charge on any atom is 0.228 e. The number of hydrogen-bond donors (Lipinski definition) is 2. The number of hydrogen-bond acceptors (Lipinski definition) is 3. The van der Waals surface area contributed by atoms with E-state index in [9.17, 15) is 9.18 Å². The third-order valence-corrected chi connectivity index (χ3v) is 2.32. The SMILES string of the molecule is CCCC(CN)C(=O)Nc1ccncc1F. The van der Waals surface area contributed by atoms with Gasteiger partial charge in [-0.05, 0) is 12.5 Å². The molecule has 5 heteroatoms. The monoisotopic (exact) mass is 225 g/mol. The first-order chi connectivity index (χ1) is 7.69. The Morgan fingerprint density at radius 2 is 2.44 bits per heavy atom. The summed E-state index contributed by atoms with van der Waals surface area (Å²) >= 11 is 0. The highest BCUT2D eigenvalue weighted by atomic mass is 19.1. The predicted molar refractivity (Wildman–Crippen MR) is 60.3 cm³/mol. The summed E-state index contributed by atoms with van der Waals surface area (Å²) in [6, 6.07) is 1.42. The molecule has 0 aliphatic heterocycles. The zero-order valence-electron chi connectivity index (χ0n) is 9.24. The number of nitrogens with one attached hydrogen (secondary N) is 1. The standard InChI is InChI=1S/C11H16FN3O/c1-2-3-8(6-13)11(16)15-10-4-5-14-7-9(10)12/h4-5,7-8H,2-3,6,13H2,1H3,(H,14,15,16). The molecule has 3 N–H and O–H groups in total. The van der Waals surface area contributed by atoms with Crippen LogP contribution in [0.4, 0.5) is 10.1 Å². The van der Waals surface area contributed by atoms with Gasteiger partial charge in [0.1, 0.15) is 0 Å². The second kappa shape index (κ2) is 6.17. The number of rotatable bonds is 5. The lowest BCUT2D eigenvalue weighted by atomic mass is 10.0. The molecule has 1 atom stereocenters. The number of aromatic nitrogens is 1. The van der Waals surface area contributed by atoms with Gasteiger partial charge in [0.15, 0.2) is 5.82 Å². The van der Waals surface area contributed by atoms with E-state index in [1.165, 1.54) is 12.3 Å². The van der Waals surface area contributed by atoms with Gasteiger partial charge in [0.25, 0.3) is 0 Å². The Labute approximate surface area is 94.1 Å². The minimum atomic E-state index is -0.539. The molecular weight excluding hydrogens is 209 g/mol.